The standard InChI is InChI=1S/C21H26O2/c1-20-5-3-10(22)7-16(20)11-8-12(11)17-15(20)4-6-21(2)18(17)13-9-14(13)19(21)23/h7,11-15,17-18H,3-6,8-9H2,1-2H3/t11?,12?,13?,14?,15?,17?,18?,20-,21+/m1/s1. The molecule has 0 spiro atoms. The van der Waals surface area contributed by atoms with Crippen molar-refractivity contribution >= 4 is 11.6 Å². The Labute approximate surface area is 138 Å². The maximum atomic E-state index is 12.8. The molecule has 5 fully saturated rings. The SMILES string of the molecule is C[C@]12CCC(=O)C=C1C1CC1C1C2CC[C@]2(C)C(=O)C3CC3C12. The second kappa shape index (κ2) is 3.68. The molecule has 9 atom stereocenters. The van der Waals surface area contributed by atoms with Crippen LogP contribution in [-0.4, -0.2) is 11.6 Å². The zero-order valence-corrected chi connectivity index (χ0v) is 14.2. The molecule has 122 valence electrons. The molecule has 0 bridgehead atoms. The van der Waals surface area contributed by atoms with Crippen molar-refractivity contribution in [3.05, 3.63) is 11.6 Å². The monoisotopic (exact) mass is 310 g/mol. The number of carbonyl (C=O) groups excluding carboxylic acids is 2. The Bertz CT molecular complexity index is 690. The Balaban J connectivity index is 1.47. The molecule has 5 saturated carbocycles. The number of carbonyl (C=O) groups is 2. The number of fused-ring (bicyclic) bond motifs is 10. The van der Waals surface area contributed by atoms with Gasteiger partial charge in [0.1, 0.15) is 5.78 Å². The molecular weight excluding hydrogens is 284 g/mol. The summed E-state index contributed by atoms with van der Waals surface area (Å²) in [6.07, 6.45) is 8.66. The van der Waals surface area contributed by atoms with E-state index in [1.165, 1.54) is 24.8 Å². The molecule has 0 saturated heterocycles. The maximum Gasteiger partial charge on any atom is 0.155 e. The Hall–Kier alpha value is -0.920. The summed E-state index contributed by atoms with van der Waals surface area (Å²) in [6.45, 7) is 4.76. The smallest absolute Gasteiger partial charge is 0.155 e. The Morgan fingerprint density at radius 3 is 2.61 bits per heavy atom. The van der Waals surface area contributed by atoms with Crippen molar-refractivity contribution in [1.82, 2.24) is 0 Å². The number of allylic oxidation sites excluding steroid dienone is 1. The van der Waals surface area contributed by atoms with Crippen LogP contribution in [0.1, 0.15) is 52.4 Å². The van der Waals surface area contributed by atoms with Crippen LogP contribution in [0.15, 0.2) is 11.6 Å². The van der Waals surface area contributed by atoms with Gasteiger partial charge in [-0.2, -0.15) is 0 Å². The quantitative estimate of drug-likeness (QED) is 0.682. The molecule has 0 aromatic carbocycles. The highest BCUT2D eigenvalue weighted by Crippen LogP contribution is 2.77. The van der Waals surface area contributed by atoms with Crippen molar-refractivity contribution in [2.24, 2.45) is 52.3 Å². The zero-order chi connectivity index (χ0) is 15.7. The van der Waals surface area contributed by atoms with E-state index in [2.05, 4.69) is 13.8 Å². The molecule has 0 aliphatic heterocycles. The third kappa shape index (κ3) is 1.36. The number of Topliss-reactive ketones (excluding diaryl/α,β-unsaturated/α-hetero) is 1. The first-order valence-corrected chi connectivity index (χ1v) is 9.74. The van der Waals surface area contributed by atoms with E-state index in [1.54, 1.807) is 0 Å². The minimum atomic E-state index is 0.00392. The first-order chi connectivity index (χ1) is 10.9. The van der Waals surface area contributed by atoms with E-state index in [4.69, 9.17) is 0 Å². The molecule has 0 amide bonds. The molecular formula is C21H26O2. The van der Waals surface area contributed by atoms with Crippen molar-refractivity contribution in [1.29, 1.82) is 0 Å². The van der Waals surface area contributed by atoms with E-state index in [-0.39, 0.29) is 10.8 Å². The van der Waals surface area contributed by atoms with Crippen LogP contribution in [0.25, 0.3) is 0 Å². The van der Waals surface area contributed by atoms with Crippen molar-refractivity contribution < 1.29 is 9.59 Å². The molecule has 2 nitrogen and oxygen atoms in total. The fourth-order valence-electron chi connectivity index (χ4n) is 8.04. The van der Waals surface area contributed by atoms with Gasteiger partial charge in [-0.25, -0.2) is 0 Å². The average Bonchev–Trinajstić information content (AvgIpc) is 3.40. The molecule has 6 aliphatic rings. The lowest BCUT2D eigenvalue weighted by Gasteiger charge is -2.57. The van der Waals surface area contributed by atoms with E-state index in [0.717, 1.165) is 42.9 Å². The first-order valence-electron chi connectivity index (χ1n) is 9.74. The minimum Gasteiger partial charge on any atom is -0.299 e. The van der Waals surface area contributed by atoms with Gasteiger partial charge in [0.15, 0.2) is 5.78 Å². The van der Waals surface area contributed by atoms with Gasteiger partial charge in [-0.3, -0.25) is 9.59 Å². The Kier molecular flexibility index (Phi) is 2.14. The van der Waals surface area contributed by atoms with Crippen LogP contribution >= 0.6 is 0 Å². The lowest BCUT2D eigenvalue weighted by Crippen LogP contribution is -2.52. The fourth-order valence-corrected chi connectivity index (χ4v) is 8.04. The van der Waals surface area contributed by atoms with Crippen molar-refractivity contribution in [2.75, 3.05) is 0 Å². The third-order valence-electron chi connectivity index (χ3n) is 9.21. The normalized spacial score (nSPS) is 61.7. The zero-order valence-electron chi connectivity index (χ0n) is 14.2. The van der Waals surface area contributed by atoms with Crippen molar-refractivity contribution in [3.63, 3.8) is 0 Å². The van der Waals surface area contributed by atoms with Gasteiger partial charge < -0.3 is 0 Å². The largest absolute Gasteiger partial charge is 0.299 e. The van der Waals surface area contributed by atoms with E-state index in [9.17, 15) is 9.59 Å². The maximum absolute atomic E-state index is 12.8. The summed E-state index contributed by atoms with van der Waals surface area (Å²) < 4.78 is 0. The van der Waals surface area contributed by atoms with Gasteiger partial charge in [0.05, 0.1) is 0 Å². The van der Waals surface area contributed by atoms with Gasteiger partial charge in [-0.1, -0.05) is 19.4 Å². The van der Waals surface area contributed by atoms with Crippen LogP contribution in [0.3, 0.4) is 0 Å². The predicted octanol–water partition coefficient (Wildman–Crippen LogP) is 3.80. The fraction of sp³-hybridized carbons (Fsp3) is 0.810. The molecule has 6 rings (SSSR count). The third-order valence-corrected chi connectivity index (χ3v) is 9.21. The summed E-state index contributed by atoms with van der Waals surface area (Å²) >= 11 is 0. The van der Waals surface area contributed by atoms with Crippen LogP contribution in [0.5, 0.6) is 0 Å². The highest BCUT2D eigenvalue weighted by atomic mass is 16.1. The van der Waals surface area contributed by atoms with E-state index in [0.29, 0.717) is 29.3 Å². The van der Waals surface area contributed by atoms with Gasteiger partial charge in [0.2, 0.25) is 0 Å². The summed E-state index contributed by atoms with van der Waals surface area (Å²) in [4.78, 5) is 24.8. The molecule has 7 unspecified atom stereocenters. The molecule has 2 heteroatoms. The van der Waals surface area contributed by atoms with Gasteiger partial charge in [-0.05, 0) is 79.1 Å². The highest BCUT2D eigenvalue weighted by Gasteiger charge is 2.74. The molecule has 0 heterocycles. The van der Waals surface area contributed by atoms with E-state index in [1.807, 2.05) is 6.08 Å². The topological polar surface area (TPSA) is 34.1 Å². The number of rotatable bonds is 0. The van der Waals surface area contributed by atoms with Crippen molar-refractivity contribution in [2.45, 2.75) is 52.4 Å². The lowest BCUT2D eigenvalue weighted by atomic mass is 9.46. The van der Waals surface area contributed by atoms with Crippen LogP contribution in [-0.2, 0) is 9.59 Å². The van der Waals surface area contributed by atoms with E-state index >= 15 is 0 Å². The van der Waals surface area contributed by atoms with Crippen molar-refractivity contribution in [3.8, 4) is 0 Å². The van der Waals surface area contributed by atoms with Crippen LogP contribution < -0.4 is 0 Å². The summed E-state index contributed by atoms with van der Waals surface area (Å²) in [5.41, 5.74) is 1.78. The molecule has 0 aromatic rings. The highest BCUT2D eigenvalue weighted by molar-refractivity contribution is 5.93. The molecule has 0 N–H and O–H groups in total. The minimum absolute atomic E-state index is 0.00392. The van der Waals surface area contributed by atoms with Gasteiger partial charge in [-0.15, -0.1) is 0 Å². The Morgan fingerprint density at radius 2 is 1.78 bits per heavy atom. The number of hydrogen-bond donors (Lipinski definition) is 0. The van der Waals surface area contributed by atoms with E-state index < -0.39 is 0 Å². The van der Waals surface area contributed by atoms with Gasteiger partial charge in [0.25, 0.3) is 0 Å². The molecule has 0 radical (unpaired) electrons. The van der Waals surface area contributed by atoms with Crippen LogP contribution in [0, 0.1) is 52.3 Å². The average molecular weight is 310 g/mol. The summed E-state index contributed by atoms with van der Waals surface area (Å²) in [7, 11) is 0. The summed E-state index contributed by atoms with van der Waals surface area (Å²) in [6, 6.07) is 0. The first kappa shape index (κ1) is 13.4. The van der Waals surface area contributed by atoms with Crippen LogP contribution in [0.4, 0.5) is 0 Å². The number of hydrogen-bond acceptors (Lipinski definition) is 2. The lowest BCUT2D eigenvalue weighted by molar-refractivity contribution is -0.137. The molecule has 6 aliphatic carbocycles. The van der Waals surface area contributed by atoms with Gasteiger partial charge >= 0.3 is 0 Å². The second-order valence-corrected chi connectivity index (χ2v) is 10.0. The second-order valence-electron chi connectivity index (χ2n) is 10.0. The Morgan fingerprint density at radius 1 is 1.00 bits per heavy atom. The summed E-state index contributed by atoms with van der Waals surface area (Å²) in [5, 5.41) is 0. The molecule has 0 aromatic heterocycles. The van der Waals surface area contributed by atoms with Gasteiger partial charge in [0, 0.05) is 17.8 Å². The molecule has 23 heavy (non-hydrogen) atoms. The van der Waals surface area contributed by atoms with Crippen LogP contribution in [0.2, 0.25) is 0 Å². The number of ketones is 2. The predicted molar refractivity (Wildman–Crippen MR) is 86.4 cm³/mol. The summed E-state index contributed by atoms with van der Waals surface area (Å²) in [5.74, 6) is 5.78.